The lowest BCUT2D eigenvalue weighted by Crippen LogP contribution is -2.52. The van der Waals surface area contributed by atoms with Gasteiger partial charge in [-0.15, -0.1) is 11.8 Å². The van der Waals surface area contributed by atoms with Gasteiger partial charge in [-0.1, -0.05) is 83.3 Å². The molecule has 0 spiro atoms. The lowest BCUT2D eigenvalue weighted by molar-refractivity contribution is -0.139. The maximum atomic E-state index is 13.6. The Hall–Kier alpha value is -2.18. The summed E-state index contributed by atoms with van der Waals surface area (Å²) < 4.78 is 0. The summed E-state index contributed by atoms with van der Waals surface area (Å²) in [4.78, 5) is 28.6. The van der Waals surface area contributed by atoms with Gasteiger partial charge < -0.3 is 10.2 Å². The molecule has 1 atom stereocenters. The van der Waals surface area contributed by atoms with E-state index in [-0.39, 0.29) is 30.2 Å². The predicted octanol–water partition coefficient (Wildman–Crippen LogP) is 7.04. The Labute approximate surface area is 232 Å². The Bertz CT molecular complexity index is 1170. The summed E-state index contributed by atoms with van der Waals surface area (Å²) in [6.45, 7) is 4.00. The fraction of sp³-hybridized carbons (Fsp3) is 0.286. The van der Waals surface area contributed by atoms with Crippen LogP contribution >= 0.6 is 46.6 Å². The minimum absolute atomic E-state index is 0.0657. The van der Waals surface area contributed by atoms with Gasteiger partial charge in [0.25, 0.3) is 0 Å². The highest BCUT2D eigenvalue weighted by molar-refractivity contribution is 7.99. The van der Waals surface area contributed by atoms with Crippen LogP contribution < -0.4 is 5.32 Å². The molecule has 36 heavy (non-hydrogen) atoms. The standard InChI is InChI=1S/C28H29Cl3N2O2S/c1-19(2)32-28(35)26(14-20-7-4-3-5-8-20)33(16-22-11-12-24(30)15-25(22)31)27(34)18-36-17-21-9-6-10-23(29)13-21/h3-13,15,19,26H,14,16-18H2,1-2H3,(H,32,35). The van der Waals surface area contributed by atoms with Crippen LogP contribution in [-0.2, 0) is 28.3 Å². The van der Waals surface area contributed by atoms with Crippen molar-refractivity contribution in [3.05, 3.63) is 105 Å². The van der Waals surface area contributed by atoms with Gasteiger partial charge in [0.15, 0.2) is 0 Å². The molecule has 3 aromatic rings. The van der Waals surface area contributed by atoms with Gasteiger partial charge in [0.2, 0.25) is 11.8 Å². The first kappa shape index (κ1) is 28.4. The molecule has 3 rings (SSSR count). The van der Waals surface area contributed by atoms with Crippen molar-refractivity contribution in [3.63, 3.8) is 0 Å². The largest absolute Gasteiger partial charge is 0.352 e. The van der Waals surface area contributed by atoms with E-state index in [4.69, 9.17) is 34.8 Å². The van der Waals surface area contributed by atoms with Crippen LogP contribution in [0, 0.1) is 0 Å². The van der Waals surface area contributed by atoms with Crippen molar-refractivity contribution in [2.24, 2.45) is 0 Å². The van der Waals surface area contributed by atoms with Crippen molar-refractivity contribution in [2.45, 2.75) is 44.6 Å². The van der Waals surface area contributed by atoms with Gasteiger partial charge in [-0.2, -0.15) is 0 Å². The van der Waals surface area contributed by atoms with Crippen molar-refractivity contribution in [1.82, 2.24) is 10.2 Å². The minimum Gasteiger partial charge on any atom is -0.352 e. The molecule has 0 radical (unpaired) electrons. The quantitative estimate of drug-likeness (QED) is 0.272. The molecule has 190 valence electrons. The number of carbonyl (C=O) groups is 2. The van der Waals surface area contributed by atoms with E-state index in [0.29, 0.717) is 27.2 Å². The zero-order valence-electron chi connectivity index (χ0n) is 20.2. The Morgan fingerprint density at radius 3 is 2.25 bits per heavy atom. The summed E-state index contributed by atoms with van der Waals surface area (Å²) in [5, 5.41) is 4.61. The molecule has 0 bridgehead atoms. The summed E-state index contributed by atoms with van der Waals surface area (Å²) in [5.41, 5.74) is 2.73. The molecule has 1 unspecified atom stereocenters. The molecule has 0 aliphatic carbocycles. The summed E-state index contributed by atoms with van der Waals surface area (Å²) >= 11 is 20.1. The first-order valence-corrected chi connectivity index (χ1v) is 13.9. The number of hydrogen-bond acceptors (Lipinski definition) is 3. The van der Waals surface area contributed by atoms with Crippen LogP contribution in [0.1, 0.15) is 30.5 Å². The van der Waals surface area contributed by atoms with Gasteiger partial charge in [0.1, 0.15) is 6.04 Å². The Balaban J connectivity index is 1.88. The molecule has 0 fully saturated rings. The molecule has 1 N–H and O–H groups in total. The number of nitrogens with one attached hydrogen (secondary N) is 1. The van der Waals surface area contributed by atoms with Crippen LogP contribution in [0.2, 0.25) is 15.1 Å². The number of thioether (sulfide) groups is 1. The maximum Gasteiger partial charge on any atom is 0.243 e. The predicted molar refractivity (Wildman–Crippen MR) is 152 cm³/mol. The molecular weight excluding hydrogens is 535 g/mol. The smallest absolute Gasteiger partial charge is 0.243 e. The van der Waals surface area contributed by atoms with Crippen LogP contribution in [-0.4, -0.2) is 34.6 Å². The second kappa shape index (κ2) is 13.9. The summed E-state index contributed by atoms with van der Waals surface area (Å²) in [6, 6.07) is 21.7. The SMILES string of the molecule is CC(C)NC(=O)C(Cc1ccccc1)N(Cc1ccc(Cl)cc1Cl)C(=O)CSCc1cccc(Cl)c1. The van der Waals surface area contributed by atoms with E-state index in [9.17, 15) is 9.59 Å². The number of rotatable bonds is 11. The van der Waals surface area contributed by atoms with E-state index in [2.05, 4.69) is 5.32 Å². The van der Waals surface area contributed by atoms with E-state index in [1.807, 2.05) is 68.4 Å². The van der Waals surface area contributed by atoms with E-state index >= 15 is 0 Å². The van der Waals surface area contributed by atoms with E-state index < -0.39 is 6.04 Å². The van der Waals surface area contributed by atoms with Gasteiger partial charge in [0.05, 0.1) is 5.75 Å². The number of nitrogens with zero attached hydrogens (tertiary/aromatic N) is 1. The van der Waals surface area contributed by atoms with Gasteiger partial charge in [0, 0.05) is 39.8 Å². The molecule has 8 heteroatoms. The molecule has 0 saturated carbocycles. The average molecular weight is 564 g/mol. The molecule has 4 nitrogen and oxygen atoms in total. The third kappa shape index (κ3) is 8.74. The van der Waals surface area contributed by atoms with Gasteiger partial charge in [-0.3, -0.25) is 9.59 Å². The molecule has 0 aromatic heterocycles. The summed E-state index contributed by atoms with van der Waals surface area (Å²) in [7, 11) is 0. The highest BCUT2D eigenvalue weighted by Gasteiger charge is 2.31. The van der Waals surface area contributed by atoms with Crippen molar-refractivity contribution < 1.29 is 9.59 Å². The van der Waals surface area contributed by atoms with E-state index in [1.54, 1.807) is 23.1 Å². The monoisotopic (exact) mass is 562 g/mol. The number of hydrogen-bond donors (Lipinski definition) is 1. The van der Waals surface area contributed by atoms with E-state index in [0.717, 1.165) is 16.7 Å². The average Bonchev–Trinajstić information content (AvgIpc) is 2.82. The minimum atomic E-state index is -0.708. The second-order valence-electron chi connectivity index (χ2n) is 8.75. The molecule has 0 aliphatic heterocycles. The van der Waals surface area contributed by atoms with Gasteiger partial charge in [-0.25, -0.2) is 0 Å². The third-order valence-electron chi connectivity index (χ3n) is 5.44. The maximum absolute atomic E-state index is 13.6. The highest BCUT2D eigenvalue weighted by Crippen LogP contribution is 2.25. The van der Waals surface area contributed by atoms with Crippen molar-refractivity contribution in [3.8, 4) is 0 Å². The third-order valence-corrected chi connectivity index (χ3v) is 7.25. The zero-order valence-corrected chi connectivity index (χ0v) is 23.3. The lowest BCUT2D eigenvalue weighted by Gasteiger charge is -2.32. The fourth-order valence-electron chi connectivity index (χ4n) is 3.73. The van der Waals surface area contributed by atoms with Crippen LogP contribution in [0.4, 0.5) is 0 Å². The molecule has 3 aromatic carbocycles. The molecule has 2 amide bonds. The Morgan fingerprint density at radius 1 is 0.889 bits per heavy atom. The number of halogens is 3. The van der Waals surface area contributed by atoms with Crippen LogP contribution in [0.25, 0.3) is 0 Å². The molecule has 0 heterocycles. The van der Waals surface area contributed by atoms with Crippen LogP contribution in [0.5, 0.6) is 0 Å². The molecule has 0 aliphatic rings. The second-order valence-corrected chi connectivity index (χ2v) is 11.0. The zero-order chi connectivity index (χ0) is 26.1. The number of benzene rings is 3. The van der Waals surface area contributed by atoms with Crippen molar-refractivity contribution >= 4 is 58.4 Å². The van der Waals surface area contributed by atoms with Crippen LogP contribution in [0.3, 0.4) is 0 Å². The Morgan fingerprint density at radius 2 is 1.58 bits per heavy atom. The van der Waals surface area contributed by atoms with Crippen molar-refractivity contribution in [1.29, 1.82) is 0 Å². The normalized spacial score (nSPS) is 11.8. The van der Waals surface area contributed by atoms with Gasteiger partial charge in [-0.05, 0) is 54.8 Å². The lowest BCUT2D eigenvalue weighted by atomic mass is 10.0. The first-order chi connectivity index (χ1) is 17.2. The molecular formula is C28H29Cl3N2O2S. The highest BCUT2D eigenvalue weighted by atomic mass is 35.5. The summed E-state index contributed by atoms with van der Waals surface area (Å²) in [5.74, 6) is 0.487. The Kier molecular flexibility index (Phi) is 11.0. The number of amides is 2. The first-order valence-electron chi connectivity index (χ1n) is 11.6. The topological polar surface area (TPSA) is 49.4 Å². The van der Waals surface area contributed by atoms with E-state index in [1.165, 1.54) is 11.8 Å². The van der Waals surface area contributed by atoms with Crippen LogP contribution in [0.15, 0.2) is 72.8 Å². The molecule has 0 saturated heterocycles. The fourth-order valence-corrected chi connectivity index (χ4v) is 5.27. The number of carbonyl (C=O) groups excluding carboxylic acids is 2. The van der Waals surface area contributed by atoms with Gasteiger partial charge >= 0.3 is 0 Å². The van der Waals surface area contributed by atoms with Crippen molar-refractivity contribution in [2.75, 3.05) is 5.75 Å². The summed E-state index contributed by atoms with van der Waals surface area (Å²) in [6.07, 6.45) is 0.384.